The monoisotopic (exact) mass is 301 g/mol. The van der Waals surface area contributed by atoms with Gasteiger partial charge in [0.05, 0.1) is 10.6 Å². The molecule has 0 aliphatic carbocycles. The first-order chi connectivity index (χ1) is 10.1. The second-order valence-corrected chi connectivity index (χ2v) is 4.81. The molecule has 6 nitrogen and oxygen atoms in total. The molecule has 0 bridgehead atoms. The van der Waals surface area contributed by atoms with Gasteiger partial charge in [0.25, 0.3) is 11.6 Å². The zero-order chi connectivity index (χ0) is 15.0. The summed E-state index contributed by atoms with van der Waals surface area (Å²) in [6.07, 6.45) is 4.85. The van der Waals surface area contributed by atoms with Crippen LogP contribution in [-0.2, 0) is 4.79 Å². The molecule has 7 heteroatoms. The van der Waals surface area contributed by atoms with Crippen molar-refractivity contribution in [2.24, 2.45) is 0 Å². The van der Waals surface area contributed by atoms with Gasteiger partial charge in [0, 0.05) is 29.6 Å². The molecular weight excluding hydrogens is 294 g/mol. The first-order valence-corrected chi connectivity index (χ1v) is 6.35. The second kappa shape index (κ2) is 4.99. The van der Waals surface area contributed by atoms with Gasteiger partial charge in [-0.25, -0.2) is 0 Å². The van der Waals surface area contributed by atoms with Crippen LogP contribution in [0.25, 0.3) is 11.6 Å². The standard InChI is InChI=1S/C14H8ClN3O3/c15-11-6-12-9(5-13(11)18(20)21)10(14(19)17-12)4-8-2-1-3-16-7-8/h1-7H,(H,17,19)/b10-4+. The van der Waals surface area contributed by atoms with Gasteiger partial charge in [-0.15, -0.1) is 0 Å². The van der Waals surface area contributed by atoms with E-state index in [-0.39, 0.29) is 16.6 Å². The van der Waals surface area contributed by atoms with Crippen LogP contribution in [0.15, 0.2) is 36.7 Å². The van der Waals surface area contributed by atoms with Gasteiger partial charge in [0.1, 0.15) is 5.02 Å². The summed E-state index contributed by atoms with van der Waals surface area (Å²) in [4.78, 5) is 26.4. The minimum Gasteiger partial charge on any atom is -0.321 e. The number of carbonyl (C=O) groups excluding carboxylic acids is 1. The molecule has 1 aliphatic heterocycles. The summed E-state index contributed by atoms with van der Waals surface area (Å²) >= 11 is 5.84. The Balaban J connectivity index is 2.15. The molecule has 0 unspecified atom stereocenters. The first-order valence-electron chi connectivity index (χ1n) is 5.97. The average Bonchev–Trinajstić information content (AvgIpc) is 2.74. The topological polar surface area (TPSA) is 85.1 Å². The van der Waals surface area contributed by atoms with Crippen molar-refractivity contribution in [2.75, 3.05) is 5.32 Å². The number of nitrogens with zero attached hydrogens (tertiary/aromatic N) is 2. The van der Waals surface area contributed by atoms with E-state index in [9.17, 15) is 14.9 Å². The third-order valence-corrected chi connectivity index (χ3v) is 3.36. The number of nitro benzene ring substituents is 1. The van der Waals surface area contributed by atoms with Gasteiger partial charge < -0.3 is 5.32 Å². The predicted octanol–water partition coefficient (Wildman–Crippen LogP) is 3.14. The third-order valence-electron chi connectivity index (χ3n) is 3.06. The number of anilines is 1. The highest BCUT2D eigenvalue weighted by molar-refractivity contribution is 6.37. The van der Waals surface area contributed by atoms with Crippen LogP contribution in [0.1, 0.15) is 11.1 Å². The van der Waals surface area contributed by atoms with E-state index in [0.717, 1.165) is 5.56 Å². The fraction of sp³-hybridized carbons (Fsp3) is 0. The van der Waals surface area contributed by atoms with E-state index in [4.69, 9.17) is 11.6 Å². The molecule has 0 radical (unpaired) electrons. The number of aromatic nitrogens is 1. The molecule has 1 aromatic carbocycles. The maximum absolute atomic E-state index is 12.0. The van der Waals surface area contributed by atoms with Crippen molar-refractivity contribution < 1.29 is 9.72 Å². The lowest BCUT2D eigenvalue weighted by atomic mass is 10.0. The summed E-state index contributed by atoms with van der Waals surface area (Å²) in [5.74, 6) is -0.328. The smallest absolute Gasteiger partial charge is 0.288 e. The van der Waals surface area contributed by atoms with Crippen molar-refractivity contribution in [3.05, 3.63) is 62.9 Å². The van der Waals surface area contributed by atoms with Crippen molar-refractivity contribution in [2.45, 2.75) is 0 Å². The molecule has 0 saturated carbocycles. The Morgan fingerprint density at radius 3 is 2.86 bits per heavy atom. The lowest BCUT2D eigenvalue weighted by molar-refractivity contribution is -0.384. The van der Waals surface area contributed by atoms with E-state index >= 15 is 0 Å². The van der Waals surface area contributed by atoms with Crippen LogP contribution in [0, 0.1) is 10.1 Å². The molecule has 1 amide bonds. The van der Waals surface area contributed by atoms with Gasteiger partial charge in [0.15, 0.2) is 0 Å². The number of hydrogen-bond donors (Lipinski definition) is 1. The average molecular weight is 302 g/mol. The van der Waals surface area contributed by atoms with Crippen molar-refractivity contribution in [1.82, 2.24) is 4.98 Å². The lowest BCUT2D eigenvalue weighted by Gasteiger charge is -2.01. The number of benzene rings is 1. The molecule has 1 aliphatic rings. The third kappa shape index (κ3) is 2.36. The van der Waals surface area contributed by atoms with E-state index in [1.807, 2.05) is 0 Å². The highest BCUT2D eigenvalue weighted by Gasteiger charge is 2.28. The number of amides is 1. The maximum atomic E-state index is 12.0. The van der Waals surface area contributed by atoms with Gasteiger partial charge in [-0.2, -0.15) is 0 Å². The van der Waals surface area contributed by atoms with Gasteiger partial charge in [-0.1, -0.05) is 17.7 Å². The second-order valence-electron chi connectivity index (χ2n) is 4.40. The van der Waals surface area contributed by atoms with E-state index in [1.54, 1.807) is 30.6 Å². The quantitative estimate of drug-likeness (QED) is 0.524. The van der Waals surface area contributed by atoms with Gasteiger partial charge in [-0.3, -0.25) is 19.9 Å². The molecule has 0 fully saturated rings. The molecule has 1 N–H and O–H groups in total. The predicted molar refractivity (Wildman–Crippen MR) is 78.8 cm³/mol. The number of rotatable bonds is 2. The fourth-order valence-corrected chi connectivity index (χ4v) is 2.34. The number of fused-ring (bicyclic) bond motifs is 1. The molecular formula is C14H8ClN3O3. The minimum absolute atomic E-state index is 0.0123. The highest BCUT2D eigenvalue weighted by atomic mass is 35.5. The van der Waals surface area contributed by atoms with Gasteiger partial charge in [-0.05, 0) is 23.8 Å². The number of carbonyl (C=O) groups is 1. The Labute approximate surface area is 124 Å². The van der Waals surface area contributed by atoms with Crippen LogP contribution >= 0.6 is 11.6 Å². The van der Waals surface area contributed by atoms with Crippen LogP contribution in [0.4, 0.5) is 11.4 Å². The summed E-state index contributed by atoms with van der Waals surface area (Å²) in [6, 6.07) is 6.22. The number of pyridine rings is 1. The molecule has 1 aromatic heterocycles. The molecule has 2 aromatic rings. The minimum atomic E-state index is -0.576. The summed E-state index contributed by atoms with van der Waals surface area (Å²) in [7, 11) is 0. The fourth-order valence-electron chi connectivity index (χ4n) is 2.11. The first kappa shape index (κ1) is 13.3. The largest absolute Gasteiger partial charge is 0.321 e. The zero-order valence-electron chi connectivity index (χ0n) is 10.5. The van der Waals surface area contributed by atoms with E-state index < -0.39 is 4.92 Å². The molecule has 0 spiro atoms. The number of nitro groups is 1. The van der Waals surface area contributed by atoms with Crippen molar-refractivity contribution in [1.29, 1.82) is 0 Å². The van der Waals surface area contributed by atoms with E-state index in [0.29, 0.717) is 16.8 Å². The van der Waals surface area contributed by atoms with Gasteiger partial charge in [0.2, 0.25) is 0 Å². The Morgan fingerprint density at radius 2 is 2.19 bits per heavy atom. The molecule has 21 heavy (non-hydrogen) atoms. The van der Waals surface area contributed by atoms with Crippen LogP contribution in [-0.4, -0.2) is 15.8 Å². The van der Waals surface area contributed by atoms with Crippen LogP contribution in [0.2, 0.25) is 5.02 Å². The lowest BCUT2D eigenvalue weighted by Crippen LogP contribution is -2.03. The zero-order valence-corrected chi connectivity index (χ0v) is 11.3. The van der Waals surface area contributed by atoms with Crippen molar-refractivity contribution >= 4 is 40.5 Å². The summed E-state index contributed by atoms with van der Waals surface area (Å²) in [5.41, 5.74) is 1.76. The van der Waals surface area contributed by atoms with E-state index in [1.165, 1.54) is 12.1 Å². The van der Waals surface area contributed by atoms with E-state index in [2.05, 4.69) is 10.3 Å². The SMILES string of the molecule is O=C1Nc2cc(Cl)c([N+](=O)[O-])cc2/C1=C\c1cccnc1. The van der Waals surface area contributed by atoms with Crippen LogP contribution in [0.5, 0.6) is 0 Å². The van der Waals surface area contributed by atoms with Crippen LogP contribution in [0.3, 0.4) is 0 Å². The molecule has 3 rings (SSSR count). The molecule has 2 heterocycles. The number of halogens is 1. The highest BCUT2D eigenvalue weighted by Crippen LogP contribution is 2.39. The Hall–Kier alpha value is -2.73. The summed E-state index contributed by atoms with van der Waals surface area (Å²) < 4.78 is 0. The van der Waals surface area contributed by atoms with Crippen molar-refractivity contribution in [3.8, 4) is 0 Å². The molecule has 104 valence electrons. The van der Waals surface area contributed by atoms with Crippen LogP contribution < -0.4 is 5.32 Å². The number of hydrogen-bond acceptors (Lipinski definition) is 4. The van der Waals surface area contributed by atoms with Gasteiger partial charge >= 0.3 is 0 Å². The summed E-state index contributed by atoms with van der Waals surface area (Å²) in [6.45, 7) is 0. The Kier molecular flexibility index (Phi) is 3.15. The maximum Gasteiger partial charge on any atom is 0.288 e. The molecule has 0 atom stereocenters. The Bertz CT molecular complexity index is 788. The normalized spacial score (nSPS) is 14.9. The number of nitrogens with one attached hydrogen (secondary N) is 1. The van der Waals surface area contributed by atoms with Crippen molar-refractivity contribution in [3.63, 3.8) is 0 Å². The Morgan fingerprint density at radius 1 is 1.38 bits per heavy atom. The summed E-state index contributed by atoms with van der Waals surface area (Å²) in [5, 5.41) is 13.6. The molecule has 0 saturated heterocycles.